The van der Waals surface area contributed by atoms with E-state index < -0.39 is 10.0 Å². The molecule has 0 aliphatic carbocycles. The van der Waals surface area contributed by atoms with Gasteiger partial charge in [0.05, 0.1) is 11.4 Å². The molecule has 6 heteroatoms. The van der Waals surface area contributed by atoms with Gasteiger partial charge >= 0.3 is 0 Å². The average Bonchev–Trinajstić information content (AvgIpc) is 2.69. The van der Waals surface area contributed by atoms with Gasteiger partial charge in [-0.1, -0.05) is 0 Å². The lowest BCUT2D eigenvalue weighted by Crippen LogP contribution is -2.39. The summed E-state index contributed by atoms with van der Waals surface area (Å²) in [6, 6.07) is 0. The summed E-state index contributed by atoms with van der Waals surface area (Å²) in [6.45, 7) is 6.05. The minimum absolute atomic E-state index is 0.0702. The molecule has 0 aromatic rings. The highest BCUT2D eigenvalue weighted by Gasteiger charge is 2.28. The Morgan fingerprint density at radius 1 is 1.60 bits per heavy atom. The first-order valence-electron chi connectivity index (χ1n) is 5.37. The molecule has 1 rings (SSSR count). The lowest BCUT2D eigenvalue weighted by Gasteiger charge is -2.15. The molecule has 15 heavy (non-hydrogen) atoms. The summed E-state index contributed by atoms with van der Waals surface area (Å²) < 4.78 is 31.3. The van der Waals surface area contributed by atoms with Crippen molar-refractivity contribution in [2.45, 2.75) is 31.6 Å². The van der Waals surface area contributed by atoms with Gasteiger partial charge in [-0.15, -0.1) is 0 Å². The van der Waals surface area contributed by atoms with Crippen LogP contribution < -0.4 is 10.0 Å². The molecule has 2 atom stereocenters. The SMILES string of the molecule is CCOC(C)CNS(=O)(=O)C1CCNC1. The highest BCUT2D eigenvalue weighted by Crippen LogP contribution is 2.08. The second-order valence-corrected chi connectivity index (χ2v) is 5.82. The minimum Gasteiger partial charge on any atom is -0.377 e. The lowest BCUT2D eigenvalue weighted by molar-refractivity contribution is 0.0799. The zero-order valence-corrected chi connectivity index (χ0v) is 10.1. The third-order valence-corrected chi connectivity index (χ3v) is 4.33. The molecule has 0 aromatic heterocycles. The molecule has 1 aliphatic heterocycles. The Morgan fingerprint density at radius 2 is 2.33 bits per heavy atom. The predicted molar refractivity (Wildman–Crippen MR) is 59.3 cm³/mol. The van der Waals surface area contributed by atoms with Crippen LogP contribution in [0.3, 0.4) is 0 Å². The molecule has 5 nitrogen and oxygen atoms in total. The van der Waals surface area contributed by atoms with Crippen molar-refractivity contribution in [2.75, 3.05) is 26.2 Å². The quantitative estimate of drug-likeness (QED) is 0.664. The third-order valence-electron chi connectivity index (χ3n) is 2.48. The Labute approximate surface area is 91.6 Å². The van der Waals surface area contributed by atoms with E-state index in [1.807, 2.05) is 13.8 Å². The van der Waals surface area contributed by atoms with Gasteiger partial charge in [-0.25, -0.2) is 13.1 Å². The maximum absolute atomic E-state index is 11.7. The van der Waals surface area contributed by atoms with Gasteiger partial charge in [0.1, 0.15) is 0 Å². The Kier molecular flexibility index (Phi) is 4.98. The van der Waals surface area contributed by atoms with Crippen molar-refractivity contribution < 1.29 is 13.2 Å². The third kappa shape index (κ3) is 4.06. The van der Waals surface area contributed by atoms with E-state index in [4.69, 9.17) is 4.74 Å². The van der Waals surface area contributed by atoms with E-state index in [9.17, 15) is 8.42 Å². The molecule has 90 valence electrons. The van der Waals surface area contributed by atoms with E-state index in [-0.39, 0.29) is 11.4 Å². The Balaban J connectivity index is 2.35. The van der Waals surface area contributed by atoms with E-state index in [1.165, 1.54) is 0 Å². The van der Waals surface area contributed by atoms with Crippen LogP contribution in [0.2, 0.25) is 0 Å². The Bertz CT molecular complexity index is 273. The number of nitrogens with one attached hydrogen (secondary N) is 2. The predicted octanol–water partition coefficient (Wildman–Crippen LogP) is -0.307. The van der Waals surface area contributed by atoms with Gasteiger partial charge in [0, 0.05) is 19.7 Å². The summed E-state index contributed by atoms with van der Waals surface area (Å²) in [6.07, 6.45) is 0.623. The monoisotopic (exact) mass is 236 g/mol. The summed E-state index contributed by atoms with van der Waals surface area (Å²) in [7, 11) is -3.17. The van der Waals surface area contributed by atoms with Crippen LogP contribution in [-0.2, 0) is 14.8 Å². The molecule has 0 amide bonds. The van der Waals surface area contributed by atoms with Gasteiger partial charge in [0.2, 0.25) is 10.0 Å². The molecule has 0 saturated carbocycles. The maximum Gasteiger partial charge on any atom is 0.215 e. The van der Waals surface area contributed by atoms with Crippen molar-refractivity contribution in [2.24, 2.45) is 0 Å². The van der Waals surface area contributed by atoms with Crippen molar-refractivity contribution in [1.82, 2.24) is 10.0 Å². The second-order valence-electron chi connectivity index (χ2n) is 3.77. The van der Waals surface area contributed by atoms with Gasteiger partial charge in [-0.05, 0) is 26.8 Å². The van der Waals surface area contributed by atoms with E-state index in [2.05, 4.69) is 10.0 Å². The molecule has 0 radical (unpaired) electrons. The highest BCUT2D eigenvalue weighted by atomic mass is 32.2. The van der Waals surface area contributed by atoms with Crippen molar-refractivity contribution in [3.05, 3.63) is 0 Å². The number of rotatable bonds is 6. The summed E-state index contributed by atoms with van der Waals surface area (Å²) >= 11 is 0. The van der Waals surface area contributed by atoms with E-state index >= 15 is 0 Å². The van der Waals surface area contributed by atoms with Crippen LogP contribution in [0.25, 0.3) is 0 Å². The first-order valence-corrected chi connectivity index (χ1v) is 6.91. The number of sulfonamides is 1. The zero-order chi connectivity index (χ0) is 11.3. The van der Waals surface area contributed by atoms with Gasteiger partial charge < -0.3 is 10.1 Å². The molecule has 2 unspecified atom stereocenters. The van der Waals surface area contributed by atoms with Crippen molar-refractivity contribution >= 4 is 10.0 Å². The fourth-order valence-electron chi connectivity index (χ4n) is 1.59. The molecule has 1 heterocycles. The van der Waals surface area contributed by atoms with E-state index in [0.717, 1.165) is 6.54 Å². The van der Waals surface area contributed by atoms with E-state index in [0.29, 0.717) is 26.1 Å². The van der Waals surface area contributed by atoms with Crippen LogP contribution in [0, 0.1) is 0 Å². The summed E-state index contributed by atoms with van der Waals surface area (Å²) in [5.74, 6) is 0. The average molecular weight is 236 g/mol. The minimum atomic E-state index is -3.17. The van der Waals surface area contributed by atoms with Gasteiger partial charge in [0.25, 0.3) is 0 Å². The van der Waals surface area contributed by atoms with Crippen molar-refractivity contribution in [3.63, 3.8) is 0 Å². The molecule has 0 aromatic carbocycles. The zero-order valence-electron chi connectivity index (χ0n) is 9.32. The number of ether oxygens (including phenoxy) is 1. The van der Waals surface area contributed by atoms with E-state index in [1.54, 1.807) is 0 Å². The number of hydrogen-bond acceptors (Lipinski definition) is 4. The molecular formula is C9H20N2O3S. The molecule has 1 aliphatic rings. The lowest BCUT2D eigenvalue weighted by atomic mass is 10.4. The van der Waals surface area contributed by atoms with Gasteiger partial charge in [0.15, 0.2) is 0 Å². The fourth-order valence-corrected chi connectivity index (χ4v) is 3.06. The van der Waals surface area contributed by atoms with Crippen LogP contribution >= 0.6 is 0 Å². The molecule has 0 spiro atoms. The van der Waals surface area contributed by atoms with Crippen LogP contribution in [0.15, 0.2) is 0 Å². The first kappa shape index (κ1) is 12.9. The summed E-state index contributed by atoms with van der Waals surface area (Å²) in [4.78, 5) is 0. The molecule has 1 fully saturated rings. The van der Waals surface area contributed by atoms with Gasteiger partial charge in [-0.2, -0.15) is 0 Å². The van der Waals surface area contributed by atoms with Crippen LogP contribution in [0.1, 0.15) is 20.3 Å². The number of hydrogen-bond donors (Lipinski definition) is 2. The normalized spacial score (nSPS) is 24.3. The molecule has 2 N–H and O–H groups in total. The topological polar surface area (TPSA) is 67.4 Å². The van der Waals surface area contributed by atoms with Crippen LogP contribution in [0.4, 0.5) is 0 Å². The maximum atomic E-state index is 11.7. The van der Waals surface area contributed by atoms with Crippen LogP contribution in [-0.4, -0.2) is 46.0 Å². The van der Waals surface area contributed by atoms with Gasteiger partial charge in [-0.3, -0.25) is 0 Å². The largest absolute Gasteiger partial charge is 0.377 e. The smallest absolute Gasteiger partial charge is 0.215 e. The molecule has 0 bridgehead atoms. The summed E-state index contributed by atoms with van der Waals surface area (Å²) in [5, 5.41) is 2.76. The summed E-state index contributed by atoms with van der Waals surface area (Å²) in [5.41, 5.74) is 0. The van der Waals surface area contributed by atoms with Crippen molar-refractivity contribution in [3.8, 4) is 0 Å². The Morgan fingerprint density at radius 3 is 2.87 bits per heavy atom. The fraction of sp³-hybridized carbons (Fsp3) is 1.00. The highest BCUT2D eigenvalue weighted by molar-refractivity contribution is 7.90. The second kappa shape index (κ2) is 5.79. The first-order chi connectivity index (χ1) is 7.06. The molecular weight excluding hydrogens is 216 g/mol. The molecule has 1 saturated heterocycles. The standard InChI is InChI=1S/C9H20N2O3S/c1-3-14-8(2)6-11-15(12,13)9-4-5-10-7-9/h8-11H,3-7H2,1-2H3. The Hall–Kier alpha value is -0.170. The van der Waals surface area contributed by atoms with Crippen molar-refractivity contribution in [1.29, 1.82) is 0 Å². The van der Waals surface area contributed by atoms with Crippen LogP contribution in [0.5, 0.6) is 0 Å².